The first kappa shape index (κ1) is 14.2. The van der Waals surface area contributed by atoms with E-state index in [0.29, 0.717) is 6.04 Å². The zero-order chi connectivity index (χ0) is 12.8. The van der Waals surface area contributed by atoms with E-state index in [2.05, 4.69) is 36.3 Å². The third-order valence-corrected chi connectivity index (χ3v) is 5.02. The molecule has 1 saturated heterocycles. The molecule has 0 saturated carbocycles. The molecule has 0 amide bonds. The Hall–Kier alpha value is -0.180. The number of thioether (sulfide) groups is 1. The highest BCUT2D eigenvalue weighted by molar-refractivity contribution is 7.99. The number of nitrogens with one attached hydrogen (secondary N) is 1. The summed E-state index contributed by atoms with van der Waals surface area (Å²) in [5.74, 6) is 3.60. The van der Waals surface area contributed by atoms with Crippen molar-refractivity contribution in [1.29, 1.82) is 0 Å². The summed E-state index contributed by atoms with van der Waals surface area (Å²) in [6, 6.07) is 8.83. The Morgan fingerprint density at radius 3 is 2.83 bits per heavy atom. The fourth-order valence-electron chi connectivity index (χ4n) is 2.64. The minimum atomic E-state index is 0.580. The van der Waals surface area contributed by atoms with Gasteiger partial charge in [-0.2, -0.15) is 11.8 Å². The highest BCUT2D eigenvalue weighted by atomic mass is 35.5. The van der Waals surface area contributed by atoms with E-state index in [4.69, 9.17) is 11.6 Å². The number of rotatable bonds is 5. The van der Waals surface area contributed by atoms with Crippen LogP contribution in [0.3, 0.4) is 0 Å². The lowest BCUT2D eigenvalue weighted by molar-refractivity contribution is 0.376. The van der Waals surface area contributed by atoms with Gasteiger partial charge in [-0.05, 0) is 67.9 Å². The van der Waals surface area contributed by atoms with Gasteiger partial charge >= 0.3 is 0 Å². The van der Waals surface area contributed by atoms with Crippen LogP contribution in [0, 0.1) is 5.92 Å². The van der Waals surface area contributed by atoms with Crippen LogP contribution in [0.1, 0.15) is 24.8 Å². The van der Waals surface area contributed by atoms with Crippen LogP contribution in [0.25, 0.3) is 0 Å². The molecular formula is C15H22ClNS. The SMILES string of the molecule is CNC(Cc1cccc(Cl)c1)CC1CCSCC1. The first-order valence-electron chi connectivity index (χ1n) is 6.77. The van der Waals surface area contributed by atoms with Crippen LogP contribution < -0.4 is 5.32 Å². The molecule has 1 aromatic rings. The minimum absolute atomic E-state index is 0.580. The zero-order valence-electron chi connectivity index (χ0n) is 11.0. The smallest absolute Gasteiger partial charge is 0.0408 e. The number of hydrogen-bond acceptors (Lipinski definition) is 2. The molecule has 0 bridgehead atoms. The third-order valence-electron chi connectivity index (χ3n) is 3.74. The molecule has 18 heavy (non-hydrogen) atoms. The van der Waals surface area contributed by atoms with Gasteiger partial charge < -0.3 is 5.32 Å². The molecule has 1 atom stereocenters. The minimum Gasteiger partial charge on any atom is -0.317 e. The van der Waals surface area contributed by atoms with E-state index in [1.54, 1.807) is 0 Å². The largest absolute Gasteiger partial charge is 0.317 e. The molecule has 1 N–H and O–H groups in total. The van der Waals surface area contributed by atoms with E-state index >= 15 is 0 Å². The van der Waals surface area contributed by atoms with Crippen molar-refractivity contribution in [3.05, 3.63) is 34.9 Å². The van der Waals surface area contributed by atoms with Gasteiger partial charge in [0.2, 0.25) is 0 Å². The van der Waals surface area contributed by atoms with Crippen LogP contribution in [0.4, 0.5) is 0 Å². The molecule has 1 aliphatic rings. The van der Waals surface area contributed by atoms with E-state index < -0.39 is 0 Å². The molecule has 1 fully saturated rings. The van der Waals surface area contributed by atoms with Gasteiger partial charge in [0.25, 0.3) is 0 Å². The average molecular weight is 284 g/mol. The summed E-state index contributed by atoms with van der Waals surface area (Å²) in [7, 11) is 2.08. The van der Waals surface area contributed by atoms with Gasteiger partial charge in [0.15, 0.2) is 0 Å². The van der Waals surface area contributed by atoms with Gasteiger partial charge in [-0.3, -0.25) is 0 Å². The van der Waals surface area contributed by atoms with Crippen LogP contribution >= 0.6 is 23.4 Å². The van der Waals surface area contributed by atoms with E-state index in [1.807, 2.05) is 12.1 Å². The highest BCUT2D eigenvalue weighted by Crippen LogP contribution is 2.27. The first-order valence-corrected chi connectivity index (χ1v) is 8.30. The Kier molecular flexibility index (Phi) is 5.87. The van der Waals surface area contributed by atoms with Crippen molar-refractivity contribution in [1.82, 2.24) is 5.32 Å². The lowest BCUT2D eigenvalue weighted by Crippen LogP contribution is -2.31. The van der Waals surface area contributed by atoms with Gasteiger partial charge in [-0.25, -0.2) is 0 Å². The van der Waals surface area contributed by atoms with Gasteiger partial charge in [0.1, 0.15) is 0 Å². The van der Waals surface area contributed by atoms with Crippen LogP contribution in [0.5, 0.6) is 0 Å². The van der Waals surface area contributed by atoms with Gasteiger partial charge in [-0.1, -0.05) is 23.7 Å². The van der Waals surface area contributed by atoms with Gasteiger partial charge in [0.05, 0.1) is 0 Å². The molecule has 0 radical (unpaired) electrons. The van der Waals surface area contributed by atoms with Crippen molar-refractivity contribution in [2.75, 3.05) is 18.6 Å². The quantitative estimate of drug-likeness (QED) is 0.876. The number of benzene rings is 1. The van der Waals surface area contributed by atoms with Crippen molar-refractivity contribution >= 4 is 23.4 Å². The van der Waals surface area contributed by atoms with Crippen molar-refractivity contribution in [2.45, 2.75) is 31.7 Å². The zero-order valence-corrected chi connectivity index (χ0v) is 12.6. The molecule has 0 aliphatic carbocycles. The topological polar surface area (TPSA) is 12.0 Å². The monoisotopic (exact) mass is 283 g/mol. The molecule has 1 aliphatic heterocycles. The van der Waals surface area contributed by atoms with Gasteiger partial charge in [0, 0.05) is 11.1 Å². The summed E-state index contributed by atoms with van der Waals surface area (Å²) in [5, 5.41) is 4.31. The highest BCUT2D eigenvalue weighted by Gasteiger charge is 2.18. The van der Waals surface area contributed by atoms with Crippen molar-refractivity contribution in [2.24, 2.45) is 5.92 Å². The normalized spacial score (nSPS) is 18.8. The molecule has 0 aromatic heterocycles. The van der Waals surface area contributed by atoms with E-state index in [9.17, 15) is 0 Å². The predicted octanol–water partition coefficient (Wildman–Crippen LogP) is 4.00. The molecular weight excluding hydrogens is 262 g/mol. The Balaban J connectivity index is 1.88. The Bertz CT molecular complexity index is 363. The average Bonchev–Trinajstić information content (AvgIpc) is 2.39. The second-order valence-corrected chi connectivity index (χ2v) is 6.77. The van der Waals surface area contributed by atoms with Gasteiger partial charge in [-0.15, -0.1) is 0 Å². The summed E-state index contributed by atoms with van der Waals surface area (Å²) >= 11 is 8.14. The second kappa shape index (κ2) is 7.42. The molecule has 100 valence electrons. The molecule has 1 aromatic carbocycles. The fraction of sp³-hybridized carbons (Fsp3) is 0.600. The first-order chi connectivity index (χ1) is 8.78. The Morgan fingerprint density at radius 1 is 1.39 bits per heavy atom. The molecule has 1 unspecified atom stereocenters. The molecule has 1 nitrogen and oxygen atoms in total. The third kappa shape index (κ3) is 4.49. The summed E-state index contributed by atoms with van der Waals surface area (Å²) in [6.45, 7) is 0. The van der Waals surface area contributed by atoms with Crippen molar-refractivity contribution in [3.8, 4) is 0 Å². The van der Waals surface area contributed by atoms with Crippen LogP contribution in [0.15, 0.2) is 24.3 Å². The fourth-order valence-corrected chi connectivity index (χ4v) is 4.05. The number of hydrogen-bond donors (Lipinski definition) is 1. The van der Waals surface area contributed by atoms with Crippen molar-refractivity contribution in [3.63, 3.8) is 0 Å². The Morgan fingerprint density at radius 2 is 2.17 bits per heavy atom. The van der Waals surface area contributed by atoms with E-state index in [0.717, 1.165) is 17.4 Å². The summed E-state index contributed by atoms with van der Waals surface area (Å²) < 4.78 is 0. The van der Waals surface area contributed by atoms with E-state index in [1.165, 1.54) is 36.3 Å². The van der Waals surface area contributed by atoms with Crippen LogP contribution in [0.2, 0.25) is 5.02 Å². The lowest BCUT2D eigenvalue weighted by atomic mass is 9.91. The molecule has 1 heterocycles. The maximum absolute atomic E-state index is 6.04. The second-order valence-electron chi connectivity index (χ2n) is 5.11. The summed E-state index contributed by atoms with van der Waals surface area (Å²) in [5.41, 5.74) is 1.34. The standard InChI is InChI=1S/C15H22ClNS/c1-17-15(10-12-5-7-18-8-6-12)11-13-3-2-4-14(16)9-13/h2-4,9,12,15,17H,5-8,10-11H2,1H3. The molecule has 3 heteroatoms. The maximum Gasteiger partial charge on any atom is 0.0408 e. The Labute approximate surface area is 120 Å². The van der Waals surface area contributed by atoms with Crippen LogP contribution in [-0.2, 0) is 6.42 Å². The van der Waals surface area contributed by atoms with Crippen LogP contribution in [-0.4, -0.2) is 24.6 Å². The van der Waals surface area contributed by atoms with E-state index in [-0.39, 0.29) is 0 Å². The molecule has 2 rings (SSSR count). The predicted molar refractivity (Wildman–Crippen MR) is 82.7 cm³/mol. The summed E-state index contributed by atoms with van der Waals surface area (Å²) in [6.07, 6.45) is 5.15. The number of halogens is 1. The van der Waals surface area contributed by atoms with Crippen molar-refractivity contribution < 1.29 is 0 Å². The lowest BCUT2D eigenvalue weighted by Gasteiger charge is -2.26. The number of likely N-dealkylation sites (N-methyl/N-ethyl adjacent to an activating group) is 1. The summed E-state index contributed by atoms with van der Waals surface area (Å²) in [4.78, 5) is 0. The molecule has 0 spiro atoms. The maximum atomic E-state index is 6.04.